The number of rotatable bonds is 4. The lowest BCUT2D eigenvalue weighted by atomic mass is 10.1. The molecule has 0 saturated heterocycles. The van der Waals surface area contributed by atoms with Crippen molar-refractivity contribution in [1.29, 1.82) is 0 Å². The molecule has 0 radical (unpaired) electrons. The fourth-order valence-corrected chi connectivity index (χ4v) is 1.79. The Labute approximate surface area is 108 Å². The van der Waals surface area contributed by atoms with Crippen molar-refractivity contribution in [3.8, 4) is 0 Å². The molecule has 0 aromatic heterocycles. The van der Waals surface area contributed by atoms with Gasteiger partial charge in [-0.2, -0.15) is 0 Å². The topological polar surface area (TPSA) is 17.1 Å². The van der Waals surface area contributed by atoms with E-state index in [-0.39, 0.29) is 5.78 Å². The van der Waals surface area contributed by atoms with E-state index < -0.39 is 0 Å². The molecule has 2 aromatic carbocycles. The van der Waals surface area contributed by atoms with E-state index in [4.69, 9.17) is 0 Å². The van der Waals surface area contributed by atoms with E-state index in [2.05, 4.69) is 19.1 Å². The summed E-state index contributed by atoms with van der Waals surface area (Å²) in [6.07, 6.45) is 4.51. The average molecular weight is 236 g/mol. The van der Waals surface area contributed by atoms with Crippen LogP contribution in [0.5, 0.6) is 0 Å². The summed E-state index contributed by atoms with van der Waals surface area (Å²) >= 11 is 0. The van der Waals surface area contributed by atoms with Crippen LogP contribution >= 0.6 is 0 Å². The van der Waals surface area contributed by atoms with Gasteiger partial charge in [-0.05, 0) is 23.6 Å². The zero-order valence-corrected chi connectivity index (χ0v) is 10.5. The van der Waals surface area contributed by atoms with E-state index in [1.165, 1.54) is 5.56 Å². The quantitative estimate of drug-likeness (QED) is 0.576. The van der Waals surface area contributed by atoms with Crippen LogP contribution in [0.1, 0.15) is 28.4 Å². The first-order valence-corrected chi connectivity index (χ1v) is 6.16. The highest BCUT2D eigenvalue weighted by Crippen LogP contribution is 2.09. The van der Waals surface area contributed by atoms with Crippen LogP contribution in [0.2, 0.25) is 0 Å². The number of aryl methyl sites for hydroxylation is 1. The Hall–Kier alpha value is -2.15. The highest BCUT2D eigenvalue weighted by Gasteiger charge is 1.99. The van der Waals surface area contributed by atoms with Gasteiger partial charge in [0.1, 0.15) is 0 Å². The zero-order valence-electron chi connectivity index (χ0n) is 10.5. The normalized spacial score (nSPS) is 10.7. The van der Waals surface area contributed by atoms with Gasteiger partial charge in [0.15, 0.2) is 5.78 Å². The van der Waals surface area contributed by atoms with Crippen LogP contribution in [0.3, 0.4) is 0 Å². The second-order valence-electron chi connectivity index (χ2n) is 4.16. The largest absolute Gasteiger partial charge is 0.289 e. The molecule has 0 aliphatic carbocycles. The summed E-state index contributed by atoms with van der Waals surface area (Å²) < 4.78 is 0. The van der Waals surface area contributed by atoms with Gasteiger partial charge in [0, 0.05) is 5.56 Å². The molecular weight excluding hydrogens is 220 g/mol. The van der Waals surface area contributed by atoms with Gasteiger partial charge < -0.3 is 0 Å². The Morgan fingerprint density at radius 2 is 1.83 bits per heavy atom. The summed E-state index contributed by atoms with van der Waals surface area (Å²) in [5.74, 6) is 0.0394. The molecule has 0 aliphatic rings. The third-order valence-electron chi connectivity index (χ3n) is 2.84. The summed E-state index contributed by atoms with van der Waals surface area (Å²) in [7, 11) is 0. The lowest BCUT2D eigenvalue weighted by Gasteiger charge is -1.98. The molecule has 0 N–H and O–H groups in total. The highest BCUT2D eigenvalue weighted by atomic mass is 16.1. The third-order valence-corrected chi connectivity index (χ3v) is 2.84. The minimum Gasteiger partial charge on any atom is -0.289 e. The van der Waals surface area contributed by atoms with Crippen molar-refractivity contribution < 1.29 is 4.79 Å². The number of hydrogen-bond acceptors (Lipinski definition) is 1. The van der Waals surface area contributed by atoms with Crippen molar-refractivity contribution in [2.45, 2.75) is 13.3 Å². The molecule has 0 spiro atoms. The highest BCUT2D eigenvalue weighted by molar-refractivity contribution is 6.06. The summed E-state index contributed by atoms with van der Waals surface area (Å²) in [4.78, 5) is 11.9. The zero-order chi connectivity index (χ0) is 12.8. The van der Waals surface area contributed by atoms with Crippen molar-refractivity contribution >= 4 is 11.9 Å². The molecule has 0 unspecified atom stereocenters. The van der Waals surface area contributed by atoms with Crippen LogP contribution < -0.4 is 0 Å². The Morgan fingerprint density at radius 1 is 1.06 bits per heavy atom. The Morgan fingerprint density at radius 3 is 2.56 bits per heavy atom. The Kier molecular flexibility index (Phi) is 4.08. The lowest BCUT2D eigenvalue weighted by Crippen LogP contribution is -1.92. The van der Waals surface area contributed by atoms with Crippen molar-refractivity contribution in [3.63, 3.8) is 0 Å². The van der Waals surface area contributed by atoms with Crippen molar-refractivity contribution in [2.75, 3.05) is 0 Å². The van der Waals surface area contributed by atoms with Gasteiger partial charge >= 0.3 is 0 Å². The predicted octanol–water partition coefficient (Wildman–Crippen LogP) is 4.15. The van der Waals surface area contributed by atoms with E-state index in [9.17, 15) is 4.79 Å². The van der Waals surface area contributed by atoms with Crippen LogP contribution in [-0.2, 0) is 6.42 Å². The summed E-state index contributed by atoms with van der Waals surface area (Å²) in [5.41, 5.74) is 3.07. The molecule has 18 heavy (non-hydrogen) atoms. The second kappa shape index (κ2) is 5.97. The Bertz CT molecular complexity index is 553. The fraction of sp³-hybridized carbons (Fsp3) is 0.118. The first-order valence-electron chi connectivity index (χ1n) is 6.16. The van der Waals surface area contributed by atoms with Crippen LogP contribution in [0.25, 0.3) is 6.08 Å². The van der Waals surface area contributed by atoms with Crippen molar-refractivity contribution in [3.05, 3.63) is 77.4 Å². The van der Waals surface area contributed by atoms with Gasteiger partial charge in [0.2, 0.25) is 0 Å². The second-order valence-corrected chi connectivity index (χ2v) is 4.16. The number of ketones is 1. The molecule has 1 nitrogen and oxygen atoms in total. The summed E-state index contributed by atoms with van der Waals surface area (Å²) in [6, 6.07) is 17.5. The number of allylic oxidation sites excluding steroid dienone is 1. The van der Waals surface area contributed by atoms with E-state index in [0.29, 0.717) is 0 Å². The van der Waals surface area contributed by atoms with Crippen molar-refractivity contribution in [1.82, 2.24) is 0 Å². The maximum absolute atomic E-state index is 11.9. The number of carbonyl (C=O) groups is 1. The van der Waals surface area contributed by atoms with Crippen LogP contribution in [-0.4, -0.2) is 5.78 Å². The summed E-state index contributed by atoms with van der Waals surface area (Å²) in [6.45, 7) is 2.12. The minimum atomic E-state index is 0.0394. The molecule has 0 saturated carbocycles. The average Bonchev–Trinajstić information content (AvgIpc) is 2.46. The fourth-order valence-electron chi connectivity index (χ4n) is 1.79. The number of carbonyl (C=O) groups excluding carboxylic acids is 1. The SMILES string of the molecule is CCc1cccc(/C=C/C(=O)c2ccccc2)c1. The molecule has 0 bridgehead atoms. The minimum absolute atomic E-state index is 0.0394. The molecule has 0 atom stereocenters. The third kappa shape index (κ3) is 3.17. The van der Waals surface area contributed by atoms with Gasteiger partial charge in [-0.1, -0.05) is 67.6 Å². The first kappa shape index (κ1) is 12.3. The molecule has 0 heterocycles. The standard InChI is InChI=1S/C17H16O/c1-2-14-7-6-8-15(13-14)11-12-17(18)16-9-4-3-5-10-16/h3-13H,2H2,1H3/b12-11+. The van der Waals surface area contributed by atoms with Crippen LogP contribution in [0, 0.1) is 0 Å². The molecule has 1 heteroatoms. The predicted molar refractivity (Wildman–Crippen MR) is 75.6 cm³/mol. The maximum Gasteiger partial charge on any atom is 0.185 e. The molecule has 2 aromatic rings. The molecule has 0 aliphatic heterocycles. The molecule has 0 fully saturated rings. The maximum atomic E-state index is 11.9. The van der Waals surface area contributed by atoms with E-state index in [0.717, 1.165) is 17.5 Å². The van der Waals surface area contributed by atoms with Crippen LogP contribution in [0.15, 0.2) is 60.7 Å². The van der Waals surface area contributed by atoms with Crippen LogP contribution in [0.4, 0.5) is 0 Å². The van der Waals surface area contributed by atoms with Gasteiger partial charge in [-0.15, -0.1) is 0 Å². The van der Waals surface area contributed by atoms with E-state index >= 15 is 0 Å². The van der Waals surface area contributed by atoms with Gasteiger partial charge in [0.05, 0.1) is 0 Å². The number of benzene rings is 2. The number of hydrogen-bond donors (Lipinski definition) is 0. The Balaban J connectivity index is 2.13. The first-order chi connectivity index (χ1) is 8.79. The lowest BCUT2D eigenvalue weighted by molar-refractivity contribution is 0.104. The molecule has 90 valence electrons. The van der Waals surface area contributed by atoms with Gasteiger partial charge in [-0.25, -0.2) is 0 Å². The van der Waals surface area contributed by atoms with Gasteiger partial charge in [-0.3, -0.25) is 4.79 Å². The smallest absolute Gasteiger partial charge is 0.185 e. The molecular formula is C17H16O. The molecule has 2 rings (SSSR count). The summed E-state index contributed by atoms with van der Waals surface area (Å²) in [5, 5.41) is 0. The van der Waals surface area contributed by atoms with Gasteiger partial charge in [0.25, 0.3) is 0 Å². The van der Waals surface area contributed by atoms with Crippen molar-refractivity contribution in [2.24, 2.45) is 0 Å². The van der Waals surface area contributed by atoms with E-state index in [1.54, 1.807) is 6.08 Å². The van der Waals surface area contributed by atoms with E-state index in [1.807, 2.05) is 48.5 Å². The molecule has 0 amide bonds. The monoisotopic (exact) mass is 236 g/mol.